The molecule has 2 saturated heterocycles. The van der Waals surface area contributed by atoms with Crippen LogP contribution in [0.5, 0.6) is 0 Å². The molecule has 3 rings (SSSR count). The van der Waals surface area contributed by atoms with Crippen LogP contribution in [-0.2, 0) is 4.79 Å². The van der Waals surface area contributed by atoms with E-state index in [1.165, 1.54) is 32.5 Å². The van der Waals surface area contributed by atoms with Gasteiger partial charge in [-0.3, -0.25) is 9.79 Å². The largest absolute Gasteiger partial charge is 0.357 e. The number of anilines is 1. The number of nitrogens with one attached hydrogen (secondary N) is 2. The van der Waals surface area contributed by atoms with Gasteiger partial charge in [0.15, 0.2) is 5.96 Å². The molecule has 154 valence electrons. The zero-order valence-corrected chi connectivity index (χ0v) is 17.4. The smallest absolute Gasteiger partial charge is 0.229 e. The number of aliphatic imine (C=N–C) groups is 1. The number of para-hydroxylation sites is 1. The maximum atomic E-state index is 12.4. The number of guanidine groups is 1. The second-order valence-electron chi connectivity index (χ2n) is 7.81. The number of carbonyl (C=O) groups is 1. The Kier molecular flexibility index (Phi) is 7.71. The molecule has 0 saturated carbocycles. The van der Waals surface area contributed by atoms with Crippen molar-refractivity contribution in [2.24, 2.45) is 10.9 Å². The van der Waals surface area contributed by atoms with Gasteiger partial charge in [-0.25, -0.2) is 0 Å². The summed E-state index contributed by atoms with van der Waals surface area (Å²) in [5.41, 5.74) is 0.970. The topological polar surface area (TPSA) is 60.0 Å². The minimum atomic E-state index is 0.0956. The summed E-state index contributed by atoms with van der Waals surface area (Å²) in [7, 11) is 0. The summed E-state index contributed by atoms with van der Waals surface area (Å²) in [4.78, 5) is 21.6. The summed E-state index contributed by atoms with van der Waals surface area (Å²) in [6.45, 7) is 10.3. The van der Waals surface area contributed by atoms with E-state index >= 15 is 0 Å². The summed E-state index contributed by atoms with van der Waals surface area (Å²) < 4.78 is 0. The fourth-order valence-electron chi connectivity index (χ4n) is 4.13. The van der Waals surface area contributed by atoms with Gasteiger partial charge >= 0.3 is 0 Å². The van der Waals surface area contributed by atoms with Crippen molar-refractivity contribution in [3.63, 3.8) is 0 Å². The van der Waals surface area contributed by atoms with Gasteiger partial charge in [-0.1, -0.05) is 25.1 Å². The first kappa shape index (κ1) is 20.6. The maximum Gasteiger partial charge on any atom is 0.229 e. The highest BCUT2D eigenvalue weighted by atomic mass is 16.2. The molecule has 6 heteroatoms. The number of hydrogen-bond acceptors (Lipinski definition) is 3. The van der Waals surface area contributed by atoms with Gasteiger partial charge in [-0.15, -0.1) is 0 Å². The molecule has 1 atom stereocenters. The third-order valence-electron chi connectivity index (χ3n) is 5.84. The molecule has 2 aliphatic rings. The number of piperidine rings is 1. The van der Waals surface area contributed by atoms with Gasteiger partial charge in [0.1, 0.15) is 0 Å². The molecule has 2 heterocycles. The van der Waals surface area contributed by atoms with Crippen molar-refractivity contribution in [2.45, 2.75) is 45.6 Å². The highest BCUT2D eigenvalue weighted by Gasteiger charge is 2.31. The lowest BCUT2D eigenvalue weighted by Gasteiger charge is -2.30. The monoisotopic (exact) mass is 385 g/mol. The van der Waals surface area contributed by atoms with Crippen LogP contribution in [0.3, 0.4) is 0 Å². The van der Waals surface area contributed by atoms with Crippen LogP contribution >= 0.6 is 0 Å². The standard InChI is InChI=1S/C22H35N5O/c1-3-23-22(24-13-10-18-11-14-26(4-2)15-12-18)25-19-16-21(28)27(17-19)20-8-6-5-7-9-20/h5-9,18-19H,3-4,10-17H2,1-2H3,(H2,23,24,25). The second-order valence-corrected chi connectivity index (χ2v) is 7.81. The van der Waals surface area contributed by atoms with E-state index in [0.717, 1.165) is 37.1 Å². The summed E-state index contributed by atoms with van der Waals surface area (Å²) in [6, 6.07) is 9.99. The first-order valence-electron chi connectivity index (χ1n) is 10.8. The molecule has 0 aliphatic carbocycles. The summed E-state index contributed by atoms with van der Waals surface area (Å²) in [5, 5.41) is 6.80. The lowest BCUT2D eigenvalue weighted by atomic mass is 9.94. The van der Waals surface area contributed by atoms with Gasteiger partial charge in [-0.05, 0) is 63.9 Å². The number of rotatable bonds is 7. The van der Waals surface area contributed by atoms with Crippen molar-refractivity contribution in [3.05, 3.63) is 30.3 Å². The third kappa shape index (κ3) is 5.71. The first-order valence-corrected chi connectivity index (χ1v) is 10.8. The molecule has 0 radical (unpaired) electrons. The van der Waals surface area contributed by atoms with Crippen LogP contribution in [0.2, 0.25) is 0 Å². The molecular formula is C22H35N5O. The maximum absolute atomic E-state index is 12.4. The first-order chi connectivity index (χ1) is 13.7. The lowest BCUT2D eigenvalue weighted by molar-refractivity contribution is -0.117. The van der Waals surface area contributed by atoms with Gasteiger partial charge in [0, 0.05) is 31.7 Å². The van der Waals surface area contributed by atoms with Crippen LogP contribution in [0.25, 0.3) is 0 Å². The quantitative estimate of drug-likeness (QED) is 0.559. The van der Waals surface area contributed by atoms with Crippen molar-refractivity contribution in [1.29, 1.82) is 0 Å². The Morgan fingerprint density at radius 3 is 2.61 bits per heavy atom. The highest BCUT2D eigenvalue weighted by Crippen LogP contribution is 2.21. The van der Waals surface area contributed by atoms with E-state index < -0.39 is 0 Å². The minimum Gasteiger partial charge on any atom is -0.357 e. The molecule has 2 fully saturated rings. The number of benzene rings is 1. The normalized spacial score (nSPS) is 21.9. The van der Waals surface area contributed by atoms with Crippen molar-refractivity contribution in [3.8, 4) is 0 Å². The van der Waals surface area contributed by atoms with E-state index in [2.05, 4.69) is 29.4 Å². The van der Waals surface area contributed by atoms with Crippen LogP contribution in [0.4, 0.5) is 5.69 Å². The molecule has 0 aromatic heterocycles. The summed E-state index contributed by atoms with van der Waals surface area (Å²) in [6.07, 6.45) is 4.23. The number of likely N-dealkylation sites (tertiary alicyclic amines) is 1. The van der Waals surface area contributed by atoms with E-state index in [4.69, 9.17) is 4.99 Å². The van der Waals surface area contributed by atoms with Gasteiger partial charge in [0.25, 0.3) is 0 Å². The third-order valence-corrected chi connectivity index (χ3v) is 5.84. The Bertz CT molecular complexity index is 640. The van der Waals surface area contributed by atoms with Crippen molar-refractivity contribution >= 4 is 17.6 Å². The number of amides is 1. The fraction of sp³-hybridized carbons (Fsp3) is 0.636. The van der Waals surface area contributed by atoms with Crippen LogP contribution < -0.4 is 15.5 Å². The second kappa shape index (κ2) is 10.5. The summed E-state index contributed by atoms with van der Waals surface area (Å²) in [5.74, 6) is 1.79. The van der Waals surface area contributed by atoms with E-state index in [1.54, 1.807) is 0 Å². The van der Waals surface area contributed by atoms with E-state index in [1.807, 2.05) is 35.2 Å². The van der Waals surface area contributed by atoms with Crippen LogP contribution in [0.15, 0.2) is 35.3 Å². The van der Waals surface area contributed by atoms with E-state index in [-0.39, 0.29) is 11.9 Å². The van der Waals surface area contributed by atoms with Gasteiger partial charge in [-0.2, -0.15) is 0 Å². The molecule has 1 amide bonds. The number of hydrogen-bond donors (Lipinski definition) is 2. The molecule has 2 aliphatic heterocycles. The molecular weight excluding hydrogens is 350 g/mol. The van der Waals surface area contributed by atoms with Gasteiger partial charge in [0.05, 0.1) is 6.04 Å². The van der Waals surface area contributed by atoms with Crippen molar-refractivity contribution in [1.82, 2.24) is 15.5 Å². The Hall–Kier alpha value is -2.08. The molecule has 1 unspecified atom stereocenters. The average Bonchev–Trinajstić information content (AvgIpc) is 3.09. The minimum absolute atomic E-state index is 0.0956. The predicted molar refractivity (Wildman–Crippen MR) is 116 cm³/mol. The Morgan fingerprint density at radius 2 is 1.93 bits per heavy atom. The van der Waals surface area contributed by atoms with Crippen LogP contribution in [0, 0.1) is 5.92 Å². The molecule has 2 N–H and O–H groups in total. The highest BCUT2D eigenvalue weighted by molar-refractivity contribution is 5.97. The Labute approximate surface area is 169 Å². The SMILES string of the molecule is CCNC(=NCCC1CCN(CC)CC1)NC1CC(=O)N(c2ccccc2)C1. The van der Waals surface area contributed by atoms with Gasteiger partial charge in [0.2, 0.25) is 5.91 Å². The van der Waals surface area contributed by atoms with E-state index in [0.29, 0.717) is 13.0 Å². The fourth-order valence-corrected chi connectivity index (χ4v) is 4.13. The van der Waals surface area contributed by atoms with Crippen molar-refractivity contribution in [2.75, 3.05) is 44.2 Å². The molecule has 1 aromatic rings. The van der Waals surface area contributed by atoms with E-state index in [9.17, 15) is 4.79 Å². The number of nitrogens with zero attached hydrogens (tertiary/aromatic N) is 3. The van der Waals surface area contributed by atoms with Gasteiger partial charge < -0.3 is 20.4 Å². The average molecular weight is 386 g/mol. The predicted octanol–water partition coefficient (Wildman–Crippen LogP) is 2.47. The van der Waals surface area contributed by atoms with Crippen LogP contribution in [0.1, 0.15) is 39.5 Å². The molecule has 28 heavy (non-hydrogen) atoms. The zero-order chi connectivity index (χ0) is 19.8. The molecule has 0 bridgehead atoms. The Morgan fingerprint density at radius 1 is 1.18 bits per heavy atom. The molecule has 0 spiro atoms. The van der Waals surface area contributed by atoms with Crippen molar-refractivity contribution < 1.29 is 4.79 Å². The molecule has 6 nitrogen and oxygen atoms in total. The lowest BCUT2D eigenvalue weighted by Crippen LogP contribution is -2.44. The summed E-state index contributed by atoms with van der Waals surface area (Å²) >= 11 is 0. The Balaban J connectivity index is 1.49. The molecule has 1 aromatic carbocycles. The number of carbonyl (C=O) groups excluding carboxylic acids is 1. The zero-order valence-electron chi connectivity index (χ0n) is 17.4. The van der Waals surface area contributed by atoms with Crippen LogP contribution in [-0.4, -0.2) is 62.1 Å².